The summed E-state index contributed by atoms with van der Waals surface area (Å²) in [6.07, 6.45) is 4.25. The Morgan fingerprint density at radius 1 is 1.07 bits per heavy atom. The summed E-state index contributed by atoms with van der Waals surface area (Å²) < 4.78 is 8.40. The van der Waals surface area contributed by atoms with Gasteiger partial charge in [0, 0.05) is 41.4 Å². The minimum atomic E-state index is -0.542. The van der Waals surface area contributed by atoms with Crippen molar-refractivity contribution in [2.75, 3.05) is 18.4 Å². The lowest BCUT2D eigenvalue weighted by Gasteiger charge is -2.24. The van der Waals surface area contributed by atoms with Crippen molar-refractivity contribution in [3.8, 4) is 22.4 Å². The number of amides is 1. The Hall–Kier alpha value is -3.82. The number of halogens is 2. The van der Waals surface area contributed by atoms with Crippen LogP contribution < -0.4 is 11.0 Å². The molecule has 1 fully saturated rings. The van der Waals surface area contributed by atoms with Gasteiger partial charge in [-0.25, -0.2) is 23.7 Å². The molecule has 9 nitrogen and oxygen atoms in total. The van der Waals surface area contributed by atoms with Crippen LogP contribution in [0.5, 0.6) is 0 Å². The minimum absolute atomic E-state index is 0.129. The maximum absolute atomic E-state index is 13.4. The largest absolute Gasteiger partial charge is 0.444 e. The van der Waals surface area contributed by atoms with Gasteiger partial charge in [-0.2, -0.15) is 0 Å². The number of carbonyl (C=O) groups excluding carboxylic acids is 1. The van der Waals surface area contributed by atoms with E-state index in [-0.39, 0.29) is 17.7 Å². The van der Waals surface area contributed by atoms with Crippen LogP contribution in [0, 0.1) is 5.92 Å². The molecule has 0 saturated carbocycles. The van der Waals surface area contributed by atoms with Crippen LogP contribution in [0.25, 0.3) is 28.0 Å². The lowest BCUT2D eigenvalue weighted by atomic mass is 10.00. The highest BCUT2D eigenvalue weighted by molar-refractivity contribution is 6.31. The topological polar surface area (TPSA) is 93.8 Å². The van der Waals surface area contributed by atoms with Crippen molar-refractivity contribution in [1.82, 2.24) is 24.1 Å². The Bertz CT molecular complexity index is 1650. The Kier molecular flexibility index (Phi) is 8.11. The average molecular weight is 596 g/mol. The van der Waals surface area contributed by atoms with E-state index in [2.05, 4.69) is 10.4 Å². The van der Waals surface area contributed by atoms with Crippen molar-refractivity contribution >= 4 is 40.9 Å². The van der Waals surface area contributed by atoms with Gasteiger partial charge >= 0.3 is 11.8 Å². The second-order valence-corrected chi connectivity index (χ2v) is 11.8. The first-order valence-corrected chi connectivity index (χ1v) is 14.3. The molecule has 2 aromatic carbocycles. The van der Waals surface area contributed by atoms with E-state index in [1.807, 2.05) is 58.0 Å². The maximum Gasteiger partial charge on any atom is 0.410 e. The molecule has 1 aliphatic rings. The lowest BCUT2D eigenvalue weighted by molar-refractivity contribution is 0.0291. The molecular formula is C30H32Cl2N6O3. The Morgan fingerprint density at radius 3 is 2.32 bits per heavy atom. The number of aromatic nitrogens is 4. The highest BCUT2D eigenvalue weighted by Crippen LogP contribution is 2.36. The molecule has 1 N–H and O–H groups in total. The molecule has 0 spiro atoms. The predicted octanol–water partition coefficient (Wildman–Crippen LogP) is 6.73. The van der Waals surface area contributed by atoms with Crippen LogP contribution in [0.4, 0.5) is 10.7 Å². The smallest absolute Gasteiger partial charge is 0.410 e. The van der Waals surface area contributed by atoms with E-state index in [0.717, 1.165) is 17.5 Å². The number of carbonyl (C=O) groups is 1. The van der Waals surface area contributed by atoms with E-state index < -0.39 is 5.60 Å². The summed E-state index contributed by atoms with van der Waals surface area (Å²) in [7, 11) is 0. The average Bonchev–Trinajstić information content (AvgIpc) is 3.53. The van der Waals surface area contributed by atoms with Crippen LogP contribution in [-0.2, 0) is 11.3 Å². The van der Waals surface area contributed by atoms with Crippen LogP contribution in [0.2, 0.25) is 10.0 Å². The Labute approximate surface area is 248 Å². The molecule has 214 valence electrons. The molecule has 0 bridgehead atoms. The molecular weight excluding hydrogens is 563 g/mol. The number of rotatable bonds is 6. The molecule has 1 atom stereocenters. The first-order chi connectivity index (χ1) is 19.5. The first kappa shape index (κ1) is 28.7. The molecule has 5 rings (SSSR count). The van der Waals surface area contributed by atoms with Crippen LogP contribution in [0.3, 0.4) is 0 Å². The molecule has 0 radical (unpaired) electrons. The van der Waals surface area contributed by atoms with Gasteiger partial charge in [-0.1, -0.05) is 53.5 Å². The standard InChI is InChI=1S/C30H32Cl2N6O3/c1-5-37-28(39)38-26(35-37)24(20-6-10-22(31)11-7-20)25(21-8-12-23(32)13-9-21)34-27(38)33-16-14-19-15-17-36(18-19)29(40)41-30(2,3)4/h6-14,16,19H,5,15,17-18H2,1-4H3,(H,33,34). The molecule has 2 aromatic heterocycles. The molecule has 1 saturated heterocycles. The van der Waals surface area contributed by atoms with Gasteiger partial charge in [-0.15, -0.1) is 5.10 Å². The van der Waals surface area contributed by atoms with Crippen molar-refractivity contribution in [3.05, 3.63) is 81.3 Å². The molecule has 1 unspecified atom stereocenters. The maximum atomic E-state index is 13.4. The third-order valence-electron chi connectivity index (χ3n) is 6.74. The van der Waals surface area contributed by atoms with E-state index in [4.69, 9.17) is 32.9 Å². The molecule has 1 amide bonds. The molecule has 41 heavy (non-hydrogen) atoms. The van der Waals surface area contributed by atoms with Crippen molar-refractivity contribution in [3.63, 3.8) is 0 Å². The summed E-state index contributed by atoms with van der Waals surface area (Å²) in [6.45, 7) is 9.00. The number of hydrogen-bond donors (Lipinski definition) is 1. The number of nitrogens with one attached hydrogen (secondary N) is 1. The number of aryl methyl sites for hydroxylation is 1. The normalized spacial score (nSPS) is 15.7. The Balaban J connectivity index is 1.54. The predicted molar refractivity (Wildman–Crippen MR) is 162 cm³/mol. The van der Waals surface area contributed by atoms with E-state index >= 15 is 0 Å². The molecule has 3 heterocycles. The quantitative estimate of drug-likeness (QED) is 0.266. The zero-order valence-corrected chi connectivity index (χ0v) is 24.9. The van der Waals surface area contributed by atoms with Gasteiger partial charge in [0.2, 0.25) is 5.95 Å². The fraction of sp³-hybridized carbons (Fsp3) is 0.333. The summed E-state index contributed by atoms with van der Waals surface area (Å²) in [5, 5.41) is 9.11. The molecule has 4 aromatic rings. The van der Waals surface area contributed by atoms with Crippen molar-refractivity contribution in [2.45, 2.75) is 46.3 Å². The van der Waals surface area contributed by atoms with Gasteiger partial charge in [0.15, 0.2) is 5.65 Å². The van der Waals surface area contributed by atoms with Crippen LogP contribution in [-0.4, -0.2) is 48.8 Å². The number of ether oxygens (including phenoxy) is 1. The van der Waals surface area contributed by atoms with Gasteiger partial charge in [0.05, 0.1) is 11.3 Å². The fourth-order valence-electron chi connectivity index (χ4n) is 4.78. The van der Waals surface area contributed by atoms with Crippen molar-refractivity contribution in [2.24, 2.45) is 5.92 Å². The summed E-state index contributed by atoms with van der Waals surface area (Å²) >= 11 is 12.4. The number of hydrogen-bond acceptors (Lipinski definition) is 6. The molecule has 1 aliphatic heterocycles. The molecule has 0 aliphatic carbocycles. The highest BCUT2D eigenvalue weighted by Gasteiger charge is 2.29. The second-order valence-electron chi connectivity index (χ2n) is 10.9. The molecule has 11 heteroatoms. The van der Waals surface area contributed by atoms with E-state index in [1.54, 1.807) is 35.4 Å². The van der Waals surface area contributed by atoms with Crippen molar-refractivity contribution in [1.29, 1.82) is 0 Å². The van der Waals surface area contributed by atoms with E-state index in [0.29, 0.717) is 52.5 Å². The van der Waals surface area contributed by atoms with Gasteiger partial charge in [0.25, 0.3) is 0 Å². The summed E-state index contributed by atoms with van der Waals surface area (Å²) in [6, 6.07) is 14.7. The van der Waals surface area contributed by atoms with Gasteiger partial charge in [-0.05, 0) is 69.9 Å². The number of fused-ring (bicyclic) bond motifs is 1. The number of nitrogens with zero attached hydrogens (tertiary/aromatic N) is 5. The van der Waals surface area contributed by atoms with Crippen LogP contribution >= 0.6 is 23.2 Å². The summed E-state index contributed by atoms with van der Waals surface area (Å²) in [5.74, 6) is 0.454. The Morgan fingerprint density at radius 2 is 1.71 bits per heavy atom. The number of anilines is 1. The SMILES string of the molecule is CCn1nc2c(-c3ccc(Cl)cc3)c(-c3ccc(Cl)cc3)nc(NC=CC3CCN(C(=O)OC(C)(C)C)C3)n2c1=O. The minimum Gasteiger partial charge on any atom is -0.444 e. The summed E-state index contributed by atoms with van der Waals surface area (Å²) in [4.78, 5) is 32.5. The lowest BCUT2D eigenvalue weighted by Crippen LogP contribution is -2.35. The third-order valence-corrected chi connectivity index (χ3v) is 7.24. The van der Waals surface area contributed by atoms with Gasteiger partial charge < -0.3 is 15.0 Å². The van der Waals surface area contributed by atoms with E-state index in [9.17, 15) is 9.59 Å². The van der Waals surface area contributed by atoms with Gasteiger partial charge in [-0.3, -0.25) is 0 Å². The summed E-state index contributed by atoms with van der Waals surface area (Å²) in [5.41, 5.74) is 2.59. The van der Waals surface area contributed by atoms with Crippen LogP contribution in [0.1, 0.15) is 34.1 Å². The fourth-order valence-corrected chi connectivity index (χ4v) is 5.03. The van der Waals surface area contributed by atoms with Gasteiger partial charge in [0.1, 0.15) is 5.60 Å². The monoisotopic (exact) mass is 594 g/mol. The first-order valence-electron chi connectivity index (χ1n) is 13.5. The highest BCUT2D eigenvalue weighted by atomic mass is 35.5. The van der Waals surface area contributed by atoms with Crippen molar-refractivity contribution < 1.29 is 9.53 Å². The second kappa shape index (κ2) is 11.6. The zero-order valence-electron chi connectivity index (χ0n) is 23.4. The third kappa shape index (κ3) is 6.26. The number of benzene rings is 2. The van der Waals surface area contributed by atoms with E-state index in [1.165, 1.54) is 9.08 Å². The zero-order chi connectivity index (χ0) is 29.3. The number of likely N-dealkylation sites (tertiary alicyclic amines) is 1. The van der Waals surface area contributed by atoms with Crippen LogP contribution in [0.15, 0.2) is 65.6 Å².